The van der Waals surface area contributed by atoms with Crippen molar-refractivity contribution in [3.63, 3.8) is 0 Å². The molecule has 1 aromatic carbocycles. The van der Waals surface area contributed by atoms with E-state index in [2.05, 4.69) is 44.2 Å². The number of hydrogen-bond acceptors (Lipinski definition) is 1. The Morgan fingerprint density at radius 3 is 2.77 bits per heavy atom. The maximum absolute atomic E-state index is 8.46. The molecule has 0 unspecified atom stereocenters. The van der Waals surface area contributed by atoms with E-state index in [-0.39, 0.29) is 0 Å². The van der Waals surface area contributed by atoms with Gasteiger partial charge in [-0.3, -0.25) is 0 Å². The maximum atomic E-state index is 8.46. The summed E-state index contributed by atoms with van der Waals surface area (Å²) < 4.78 is 0. The number of rotatable bonds is 3. The van der Waals surface area contributed by atoms with Crippen LogP contribution in [-0.2, 0) is 6.42 Å². The highest BCUT2D eigenvalue weighted by Crippen LogP contribution is 2.16. The lowest BCUT2D eigenvalue weighted by Crippen LogP contribution is -1.90. The molecule has 1 rings (SSSR count). The highest BCUT2D eigenvalue weighted by molar-refractivity contribution is 5.26. The molecule has 0 aromatic heterocycles. The highest BCUT2D eigenvalue weighted by Gasteiger charge is 1.99. The third-order valence-electron chi connectivity index (χ3n) is 2.14. The van der Waals surface area contributed by atoms with Crippen molar-refractivity contribution >= 4 is 0 Å². The van der Waals surface area contributed by atoms with Crippen LogP contribution in [0.2, 0.25) is 0 Å². The van der Waals surface area contributed by atoms with Gasteiger partial charge >= 0.3 is 0 Å². The standard InChI is InChI=1S/C12H15N/c1-10(2)12-7-3-5-11(9-12)6-4-8-13/h3,5,7,9-10H,4,6H2,1-2H3. The van der Waals surface area contributed by atoms with Crippen LogP contribution in [0.25, 0.3) is 0 Å². The van der Waals surface area contributed by atoms with E-state index in [1.807, 2.05) is 0 Å². The minimum atomic E-state index is 0.571. The molecule has 0 heterocycles. The molecule has 13 heavy (non-hydrogen) atoms. The fourth-order valence-electron chi connectivity index (χ4n) is 1.31. The number of hydrogen-bond donors (Lipinski definition) is 0. The molecule has 0 spiro atoms. The molecule has 0 aliphatic rings. The van der Waals surface area contributed by atoms with Gasteiger partial charge in [0.2, 0.25) is 0 Å². The van der Waals surface area contributed by atoms with E-state index in [9.17, 15) is 0 Å². The lowest BCUT2D eigenvalue weighted by atomic mass is 9.99. The van der Waals surface area contributed by atoms with Crippen molar-refractivity contribution in [3.8, 4) is 6.07 Å². The Bertz CT molecular complexity index is 307. The van der Waals surface area contributed by atoms with Crippen LogP contribution in [0, 0.1) is 11.3 Å². The summed E-state index contributed by atoms with van der Waals surface area (Å²) in [5.41, 5.74) is 2.63. The average molecular weight is 173 g/mol. The topological polar surface area (TPSA) is 23.8 Å². The van der Waals surface area contributed by atoms with Crippen LogP contribution in [0.1, 0.15) is 37.3 Å². The van der Waals surface area contributed by atoms with Crippen LogP contribution < -0.4 is 0 Å². The van der Waals surface area contributed by atoms with Gasteiger partial charge in [-0.05, 0) is 23.5 Å². The Morgan fingerprint density at radius 1 is 1.38 bits per heavy atom. The molecule has 0 saturated heterocycles. The first kappa shape index (κ1) is 9.80. The van der Waals surface area contributed by atoms with Gasteiger partial charge < -0.3 is 0 Å². The first-order valence-electron chi connectivity index (χ1n) is 4.70. The van der Waals surface area contributed by atoms with Gasteiger partial charge in [-0.15, -0.1) is 0 Å². The van der Waals surface area contributed by atoms with Crippen molar-refractivity contribution in [1.29, 1.82) is 5.26 Å². The molecule has 0 bridgehead atoms. The molecular formula is C12H15N. The number of benzene rings is 1. The largest absolute Gasteiger partial charge is 0.198 e. The third kappa shape index (κ3) is 2.91. The van der Waals surface area contributed by atoms with E-state index in [1.165, 1.54) is 11.1 Å². The summed E-state index contributed by atoms with van der Waals surface area (Å²) in [5.74, 6) is 0.571. The van der Waals surface area contributed by atoms with Gasteiger partial charge in [0, 0.05) is 6.42 Å². The summed E-state index contributed by atoms with van der Waals surface area (Å²) >= 11 is 0. The zero-order chi connectivity index (χ0) is 9.68. The third-order valence-corrected chi connectivity index (χ3v) is 2.14. The Hall–Kier alpha value is -1.29. The molecule has 68 valence electrons. The number of aryl methyl sites for hydroxylation is 1. The van der Waals surface area contributed by atoms with E-state index in [4.69, 9.17) is 5.26 Å². The predicted molar refractivity (Wildman–Crippen MR) is 54.5 cm³/mol. The summed E-state index contributed by atoms with van der Waals surface area (Å²) in [4.78, 5) is 0. The Kier molecular flexibility index (Phi) is 3.52. The van der Waals surface area contributed by atoms with Gasteiger partial charge in [-0.1, -0.05) is 38.1 Å². The fraction of sp³-hybridized carbons (Fsp3) is 0.417. The molecule has 1 heteroatoms. The first-order valence-corrected chi connectivity index (χ1v) is 4.70. The van der Waals surface area contributed by atoms with Gasteiger partial charge in [0.05, 0.1) is 6.07 Å². The molecule has 0 fully saturated rings. The second-order valence-corrected chi connectivity index (χ2v) is 3.56. The fourth-order valence-corrected chi connectivity index (χ4v) is 1.31. The summed E-state index contributed by atoms with van der Waals surface area (Å²) in [6, 6.07) is 10.7. The summed E-state index contributed by atoms with van der Waals surface area (Å²) in [5, 5.41) is 8.46. The van der Waals surface area contributed by atoms with E-state index in [0.717, 1.165) is 6.42 Å². The van der Waals surface area contributed by atoms with Crippen LogP contribution in [0.3, 0.4) is 0 Å². The molecule has 1 nitrogen and oxygen atoms in total. The smallest absolute Gasteiger partial charge is 0.0625 e. The zero-order valence-corrected chi connectivity index (χ0v) is 8.25. The zero-order valence-electron chi connectivity index (χ0n) is 8.25. The molecule has 0 N–H and O–H groups in total. The Labute approximate surface area is 80.0 Å². The van der Waals surface area contributed by atoms with Gasteiger partial charge in [-0.2, -0.15) is 5.26 Å². The van der Waals surface area contributed by atoms with Crippen molar-refractivity contribution in [2.75, 3.05) is 0 Å². The summed E-state index contributed by atoms with van der Waals surface area (Å²) in [7, 11) is 0. The second-order valence-electron chi connectivity index (χ2n) is 3.56. The number of nitrogens with zero attached hydrogens (tertiary/aromatic N) is 1. The Morgan fingerprint density at radius 2 is 2.15 bits per heavy atom. The van der Waals surface area contributed by atoms with Crippen LogP contribution in [0.4, 0.5) is 0 Å². The predicted octanol–water partition coefficient (Wildman–Crippen LogP) is 3.27. The lowest BCUT2D eigenvalue weighted by Gasteiger charge is -2.06. The molecule has 0 radical (unpaired) electrons. The van der Waals surface area contributed by atoms with Crippen molar-refractivity contribution in [2.45, 2.75) is 32.6 Å². The van der Waals surface area contributed by atoms with Crippen LogP contribution >= 0.6 is 0 Å². The van der Waals surface area contributed by atoms with E-state index in [0.29, 0.717) is 12.3 Å². The highest BCUT2D eigenvalue weighted by atomic mass is 14.2. The average Bonchev–Trinajstić information content (AvgIpc) is 2.15. The first-order chi connectivity index (χ1) is 6.24. The quantitative estimate of drug-likeness (QED) is 0.688. The molecule has 0 aliphatic carbocycles. The van der Waals surface area contributed by atoms with Gasteiger partial charge in [0.15, 0.2) is 0 Å². The van der Waals surface area contributed by atoms with Crippen LogP contribution in [0.5, 0.6) is 0 Å². The Balaban J connectivity index is 2.75. The molecule has 0 atom stereocenters. The van der Waals surface area contributed by atoms with E-state index < -0.39 is 0 Å². The van der Waals surface area contributed by atoms with Crippen LogP contribution in [-0.4, -0.2) is 0 Å². The molecule has 0 amide bonds. The van der Waals surface area contributed by atoms with Crippen LogP contribution in [0.15, 0.2) is 24.3 Å². The van der Waals surface area contributed by atoms with Gasteiger partial charge in [0.1, 0.15) is 0 Å². The minimum absolute atomic E-state index is 0.571. The normalized spacial score (nSPS) is 10.0. The van der Waals surface area contributed by atoms with E-state index in [1.54, 1.807) is 0 Å². The van der Waals surface area contributed by atoms with E-state index >= 15 is 0 Å². The van der Waals surface area contributed by atoms with Gasteiger partial charge in [-0.25, -0.2) is 0 Å². The lowest BCUT2D eigenvalue weighted by molar-refractivity contribution is 0.860. The number of nitriles is 1. The van der Waals surface area contributed by atoms with Crippen molar-refractivity contribution in [2.24, 2.45) is 0 Å². The monoisotopic (exact) mass is 173 g/mol. The molecule has 1 aromatic rings. The molecule has 0 aliphatic heterocycles. The minimum Gasteiger partial charge on any atom is -0.198 e. The van der Waals surface area contributed by atoms with Crippen molar-refractivity contribution in [3.05, 3.63) is 35.4 Å². The second kappa shape index (κ2) is 4.67. The summed E-state index contributed by atoms with van der Waals surface area (Å²) in [6.07, 6.45) is 1.48. The molecule has 0 saturated carbocycles. The van der Waals surface area contributed by atoms with Gasteiger partial charge in [0.25, 0.3) is 0 Å². The summed E-state index contributed by atoms with van der Waals surface area (Å²) in [6.45, 7) is 4.37. The SMILES string of the molecule is CC(C)c1cccc(CCC#N)c1. The van der Waals surface area contributed by atoms with Crippen molar-refractivity contribution < 1.29 is 0 Å². The molecular weight excluding hydrogens is 158 g/mol. The van der Waals surface area contributed by atoms with Crippen molar-refractivity contribution in [1.82, 2.24) is 0 Å². The maximum Gasteiger partial charge on any atom is 0.0625 e.